The predicted octanol–water partition coefficient (Wildman–Crippen LogP) is 2.01. The van der Waals surface area contributed by atoms with E-state index in [4.69, 9.17) is 4.74 Å². The van der Waals surface area contributed by atoms with Crippen LogP contribution in [0.1, 0.15) is 11.1 Å². The summed E-state index contributed by atoms with van der Waals surface area (Å²) in [6.45, 7) is 4.58. The van der Waals surface area contributed by atoms with Crippen LogP contribution in [-0.4, -0.2) is 35.0 Å². The molecule has 0 bridgehead atoms. The van der Waals surface area contributed by atoms with Crippen LogP contribution in [0.4, 0.5) is 0 Å². The highest BCUT2D eigenvalue weighted by molar-refractivity contribution is 7.99. The van der Waals surface area contributed by atoms with Gasteiger partial charge in [0.25, 0.3) is 0 Å². The summed E-state index contributed by atoms with van der Waals surface area (Å²) in [5.41, 5.74) is 2.53. The molecular weight excluding hydrogens is 272 g/mol. The summed E-state index contributed by atoms with van der Waals surface area (Å²) in [6.07, 6.45) is 1.58. The van der Waals surface area contributed by atoms with Crippen LogP contribution in [-0.2, 0) is 18.3 Å². The van der Waals surface area contributed by atoms with Gasteiger partial charge in [0.2, 0.25) is 0 Å². The maximum absolute atomic E-state index is 5.01. The van der Waals surface area contributed by atoms with Crippen molar-refractivity contribution in [3.63, 3.8) is 0 Å². The molecule has 0 amide bonds. The molecule has 1 aromatic heterocycles. The Morgan fingerprint density at radius 1 is 1.40 bits per heavy atom. The highest BCUT2D eigenvalue weighted by Crippen LogP contribution is 2.28. The summed E-state index contributed by atoms with van der Waals surface area (Å²) in [6, 6.07) is 6.49. The SMILES string of the molecule is COCCNCc1ccc(Sc2ncnn2C)c(C)c1. The monoisotopic (exact) mass is 292 g/mol. The quantitative estimate of drug-likeness (QED) is 0.791. The highest BCUT2D eigenvalue weighted by atomic mass is 32.2. The maximum atomic E-state index is 5.01. The van der Waals surface area contributed by atoms with E-state index in [-0.39, 0.29) is 0 Å². The number of hydrogen-bond donors (Lipinski definition) is 1. The van der Waals surface area contributed by atoms with E-state index in [0.717, 1.165) is 24.9 Å². The molecule has 0 aliphatic rings. The first-order valence-corrected chi connectivity index (χ1v) is 7.33. The van der Waals surface area contributed by atoms with Crippen molar-refractivity contribution in [2.45, 2.75) is 23.5 Å². The minimum atomic E-state index is 0.735. The molecule has 6 heteroatoms. The van der Waals surface area contributed by atoms with E-state index < -0.39 is 0 Å². The second-order valence-electron chi connectivity index (χ2n) is 4.54. The molecule has 5 nitrogen and oxygen atoms in total. The number of ether oxygens (including phenoxy) is 1. The third-order valence-corrected chi connectivity index (χ3v) is 4.15. The zero-order chi connectivity index (χ0) is 14.4. The number of hydrogen-bond acceptors (Lipinski definition) is 5. The van der Waals surface area contributed by atoms with Crippen molar-refractivity contribution in [3.8, 4) is 0 Å². The lowest BCUT2D eigenvalue weighted by molar-refractivity contribution is 0.199. The Balaban J connectivity index is 1.97. The molecule has 2 rings (SSSR count). The van der Waals surface area contributed by atoms with Crippen molar-refractivity contribution >= 4 is 11.8 Å². The first-order chi connectivity index (χ1) is 9.70. The van der Waals surface area contributed by atoms with Gasteiger partial charge in [-0.3, -0.25) is 0 Å². The van der Waals surface area contributed by atoms with Crippen LogP contribution in [0.3, 0.4) is 0 Å². The smallest absolute Gasteiger partial charge is 0.190 e. The molecule has 0 atom stereocenters. The molecule has 0 fully saturated rings. The fourth-order valence-electron chi connectivity index (χ4n) is 1.82. The second kappa shape index (κ2) is 7.42. The summed E-state index contributed by atoms with van der Waals surface area (Å²) in [7, 11) is 3.61. The fraction of sp³-hybridized carbons (Fsp3) is 0.429. The van der Waals surface area contributed by atoms with Gasteiger partial charge < -0.3 is 10.1 Å². The van der Waals surface area contributed by atoms with Crippen molar-refractivity contribution in [2.24, 2.45) is 7.05 Å². The lowest BCUT2D eigenvalue weighted by atomic mass is 10.1. The van der Waals surface area contributed by atoms with E-state index in [1.165, 1.54) is 16.0 Å². The molecule has 1 aromatic carbocycles. The van der Waals surface area contributed by atoms with Crippen molar-refractivity contribution in [3.05, 3.63) is 35.7 Å². The summed E-state index contributed by atoms with van der Waals surface area (Å²) >= 11 is 1.64. The van der Waals surface area contributed by atoms with Crippen LogP contribution < -0.4 is 5.32 Å². The molecule has 0 aliphatic carbocycles. The van der Waals surface area contributed by atoms with Gasteiger partial charge in [-0.05, 0) is 35.9 Å². The van der Waals surface area contributed by atoms with E-state index in [2.05, 4.69) is 40.5 Å². The lowest BCUT2D eigenvalue weighted by Crippen LogP contribution is -2.18. The van der Waals surface area contributed by atoms with Crippen LogP contribution >= 0.6 is 11.8 Å². The molecule has 0 unspecified atom stereocenters. The number of aryl methyl sites for hydroxylation is 2. The van der Waals surface area contributed by atoms with Gasteiger partial charge in [-0.25, -0.2) is 9.67 Å². The van der Waals surface area contributed by atoms with E-state index in [1.807, 2.05) is 7.05 Å². The summed E-state index contributed by atoms with van der Waals surface area (Å²) in [4.78, 5) is 5.44. The van der Waals surface area contributed by atoms with E-state index in [0.29, 0.717) is 0 Å². The van der Waals surface area contributed by atoms with Gasteiger partial charge >= 0.3 is 0 Å². The molecule has 108 valence electrons. The van der Waals surface area contributed by atoms with Gasteiger partial charge in [0, 0.05) is 32.1 Å². The zero-order valence-corrected chi connectivity index (χ0v) is 12.9. The first kappa shape index (κ1) is 15.0. The largest absolute Gasteiger partial charge is 0.383 e. The molecule has 20 heavy (non-hydrogen) atoms. The predicted molar refractivity (Wildman–Crippen MR) is 79.9 cm³/mol. The van der Waals surface area contributed by atoms with Crippen LogP contribution in [0.25, 0.3) is 0 Å². The number of nitrogens with one attached hydrogen (secondary N) is 1. The molecule has 0 radical (unpaired) electrons. The van der Waals surface area contributed by atoms with Gasteiger partial charge in [0.05, 0.1) is 6.61 Å². The van der Waals surface area contributed by atoms with Gasteiger partial charge in [-0.15, -0.1) is 0 Å². The van der Waals surface area contributed by atoms with Crippen LogP contribution in [0, 0.1) is 6.92 Å². The summed E-state index contributed by atoms with van der Waals surface area (Å²) in [5.74, 6) is 0. The van der Waals surface area contributed by atoms with Crippen molar-refractivity contribution in [2.75, 3.05) is 20.3 Å². The Morgan fingerprint density at radius 2 is 2.25 bits per heavy atom. The highest BCUT2D eigenvalue weighted by Gasteiger charge is 2.06. The minimum absolute atomic E-state index is 0.735. The van der Waals surface area contributed by atoms with E-state index in [9.17, 15) is 0 Å². The topological polar surface area (TPSA) is 52.0 Å². The molecule has 0 saturated carbocycles. The molecule has 1 N–H and O–H groups in total. The van der Waals surface area contributed by atoms with Gasteiger partial charge in [-0.1, -0.05) is 12.1 Å². The summed E-state index contributed by atoms with van der Waals surface area (Å²) < 4.78 is 6.79. The zero-order valence-electron chi connectivity index (χ0n) is 12.1. The molecular formula is C14H20N4OS. The number of benzene rings is 1. The molecule has 2 aromatic rings. The lowest BCUT2D eigenvalue weighted by Gasteiger charge is -2.09. The van der Waals surface area contributed by atoms with Crippen molar-refractivity contribution < 1.29 is 4.74 Å². The summed E-state index contributed by atoms with van der Waals surface area (Å²) in [5, 5.41) is 8.33. The fourth-order valence-corrected chi connectivity index (χ4v) is 2.65. The Hall–Kier alpha value is -1.37. The van der Waals surface area contributed by atoms with Crippen molar-refractivity contribution in [1.82, 2.24) is 20.1 Å². The van der Waals surface area contributed by atoms with Crippen molar-refractivity contribution in [1.29, 1.82) is 0 Å². The normalized spacial score (nSPS) is 10.9. The minimum Gasteiger partial charge on any atom is -0.383 e. The number of rotatable bonds is 7. The van der Waals surface area contributed by atoms with Gasteiger partial charge in [0.15, 0.2) is 5.16 Å². The Bertz CT molecular complexity index is 556. The second-order valence-corrected chi connectivity index (χ2v) is 5.55. The molecule has 0 spiro atoms. The Kier molecular flexibility index (Phi) is 5.58. The average molecular weight is 292 g/mol. The number of methoxy groups -OCH3 is 1. The van der Waals surface area contributed by atoms with Crippen LogP contribution in [0.2, 0.25) is 0 Å². The van der Waals surface area contributed by atoms with E-state index in [1.54, 1.807) is 29.9 Å². The van der Waals surface area contributed by atoms with Crippen LogP contribution in [0.5, 0.6) is 0 Å². The third kappa shape index (κ3) is 4.06. The van der Waals surface area contributed by atoms with E-state index >= 15 is 0 Å². The maximum Gasteiger partial charge on any atom is 0.190 e. The standard InChI is InChI=1S/C14H20N4OS/c1-11-8-12(9-15-6-7-19-3)4-5-13(11)20-14-16-10-17-18(14)2/h4-5,8,10,15H,6-7,9H2,1-3H3. The van der Waals surface area contributed by atoms with Crippen LogP contribution in [0.15, 0.2) is 34.6 Å². The number of aromatic nitrogens is 3. The molecule has 0 aliphatic heterocycles. The van der Waals surface area contributed by atoms with Gasteiger partial charge in [0.1, 0.15) is 6.33 Å². The first-order valence-electron chi connectivity index (χ1n) is 6.51. The Morgan fingerprint density at radius 3 is 2.90 bits per heavy atom. The van der Waals surface area contributed by atoms with Gasteiger partial charge in [-0.2, -0.15) is 5.10 Å². The third-order valence-electron chi connectivity index (χ3n) is 2.92. The Labute approximate surface area is 123 Å². The average Bonchev–Trinajstić information content (AvgIpc) is 2.83. The number of nitrogens with zero attached hydrogens (tertiary/aromatic N) is 3. The molecule has 1 heterocycles. The molecule has 0 saturated heterocycles.